The van der Waals surface area contributed by atoms with Crippen molar-refractivity contribution < 1.29 is 9.53 Å². The number of nitrogens with zero attached hydrogens (tertiary/aromatic N) is 2. The Bertz CT molecular complexity index is 681. The molecular formula is C23H36N4O2. The van der Waals surface area contributed by atoms with E-state index in [-0.39, 0.29) is 11.8 Å². The Morgan fingerprint density at radius 3 is 2.72 bits per heavy atom. The van der Waals surface area contributed by atoms with Gasteiger partial charge in [-0.3, -0.25) is 4.79 Å². The second-order valence-corrected chi connectivity index (χ2v) is 8.25. The van der Waals surface area contributed by atoms with E-state index in [0.29, 0.717) is 6.54 Å². The lowest BCUT2D eigenvalue weighted by Gasteiger charge is -2.27. The summed E-state index contributed by atoms with van der Waals surface area (Å²) in [4.78, 5) is 19.2. The number of carbonyl (C=O) groups is 1. The molecule has 160 valence electrons. The van der Waals surface area contributed by atoms with Gasteiger partial charge >= 0.3 is 0 Å². The first-order valence-corrected chi connectivity index (χ1v) is 11.1. The first-order valence-electron chi connectivity index (χ1n) is 11.1. The Kier molecular flexibility index (Phi) is 8.35. The van der Waals surface area contributed by atoms with Gasteiger partial charge in [0.25, 0.3) is 0 Å². The number of hydrogen-bond acceptors (Lipinski definition) is 3. The molecule has 29 heavy (non-hydrogen) atoms. The maximum atomic E-state index is 12.2. The highest BCUT2D eigenvalue weighted by Gasteiger charge is 2.25. The van der Waals surface area contributed by atoms with Gasteiger partial charge in [0.2, 0.25) is 5.91 Å². The van der Waals surface area contributed by atoms with Crippen LogP contribution in [0.4, 0.5) is 5.69 Å². The van der Waals surface area contributed by atoms with Crippen molar-refractivity contribution in [2.24, 2.45) is 16.8 Å². The maximum Gasteiger partial charge on any atom is 0.227 e. The summed E-state index contributed by atoms with van der Waals surface area (Å²) in [5.41, 5.74) is 1.97. The number of anilines is 1. The molecule has 0 spiro atoms. The third kappa shape index (κ3) is 6.74. The van der Waals surface area contributed by atoms with Crippen molar-refractivity contribution in [1.29, 1.82) is 0 Å². The van der Waals surface area contributed by atoms with Crippen LogP contribution in [0, 0.1) is 11.8 Å². The summed E-state index contributed by atoms with van der Waals surface area (Å²) in [5, 5.41) is 6.45. The van der Waals surface area contributed by atoms with Gasteiger partial charge in [-0.1, -0.05) is 18.6 Å². The summed E-state index contributed by atoms with van der Waals surface area (Å²) in [6.07, 6.45) is 6.71. The van der Waals surface area contributed by atoms with E-state index in [0.717, 1.165) is 62.3 Å². The molecular weight excluding hydrogens is 364 g/mol. The lowest BCUT2D eigenvalue weighted by molar-refractivity contribution is -0.122. The summed E-state index contributed by atoms with van der Waals surface area (Å²) < 4.78 is 5.46. The van der Waals surface area contributed by atoms with Crippen LogP contribution >= 0.6 is 0 Å². The topological polar surface area (TPSA) is 66.0 Å². The van der Waals surface area contributed by atoms with Crippen LogP contribution in [-0.4, -0.2) is 50.1 Å². The monoisotopic (exact) mass is 400 g/mol. The lowest BCUT2D eigenvalue weighted by atomic mass is 9.85. The highest BCUT2D eigenvalue weighted by Crippen LogP contribution is 2.27. The van der Waals surface area contributed by atoms with Crippen LogP contribution in [0.25, 0.3) is 0 Å². The average Bonchev–Trinajstić information content (AvgIpc) is 2.69. The van der Waals surface area contributed by atoms with E-state index < -0.39 is 0 Å². The molecule has 1 amide bonds. The van der Waals surface area contributed by atoms with E-state index in [4.69, 9.17) is 9.73 Å². The Hall–Kier alpha value is -2.08. The number of ether oxygens (including phenoxy) is 1. The predicted octanol–water partition coefficient (Wildman–Crippen LogP) is 3.64. The summed E-state index contributed by atoms with van der Waals surface area (Å²) in [6.45, 7) is 6.33. The minimum Gasteiger partial charge on any atom is -0.381 e. The van der Waals surface area contributed by atoms with Gasteiger partial charge in [-0.15, -0.1) is 0 Å². The zero-order valence-corrected chi connectivity index (χ0v) is 18.0. The smallest absolute Gasteiger partial charge is 0.227 e. The number of nitrogens with one attached hydrogen (secondary N) is 2. The molecule has 3 rings (SSSR count). The Labute approximate surface area is 175 Å². The Balaban J connectivity index is 1.54. The number of rotatable bonds is 8. The molecule has 1 aromatic carbocycles. The fraction of sp³-hybridized carbons (Fsp3) is 0.652. The van der Waals surface area contributed by atoms with Gasteiger partial charge in [0.1, 0.15) is 0 Å². The van der Waals surface area contributed by atoms with Crippen molar-refractivity contribution in [3.05, 3.63) is 29.8 Å². The van der Waals surface area contributed by atoms with Crippen LogP contribution < -0.4 is 10.6 Å². The van der Waals surface area contributed by atoms with E-state index in [2.05, 4.69) is 35.6 Å². The van der Waals surface area contributed by atoms with Crippen molar-refractivity contribution in [3.63, 3.8) is 0 Å². The molecule has 0 bridgehead atoms. The molecule has 0 radical (unpaired) electrons. The molecule has 6 nitrogen and oxygen atoms in total. The summed E-state index contributed by atoms with van der Waals surface area (Å²) in [5.74, 6) is 2.04. The standard InChI is InChI=1S/C23H36N4O2/c1-3-24-23(27(2)13-10-18-11-14-29-15-12-18)25-17-19-6-4-9-21(16-19)26-22(28)20-7-5-8-20/h4,6,9,16,18,20H,3,5,7-8,10-15,17H2,1-2H3,(H,24,25)(H,26,28). The summed E-state index contributed by atoms with van der Waals surface area (Å²) in [7, 11) is 2.11. The van der Waals surface area contributed by atoms with Gasteiger partial charge in [0, 0.05) is 45.0 Å². The molecule has 1 saturated carbocycles. The number of aliphatic imine (C=N–C) groups is 1. The van der Waals surface area contributed by atoms with Gasteiger partial charge in [0.15, 0.2) is 5.96 Å². The van der Waals surface area contributed by atoms with Crippen molar-refractivity contribution >= 4 is 17.6 Å². The van der Waals surface area contributed by atoms with Crippen LogP contribution in [0.15, 0.2) is 29.3 Å². The van der Waals surface area contributed by atoms with E-state index in [1.807, 2.05) is 18.2 Å². The van der Waals surface area contributed by atoms with E-state index in [1.165, 1.54) is 25.7 Å². The molecule has 0 atom stereocenters. The molecule has 0 aromatic heterocycles. The van der Waals surface area contributed by atoms with Gasteiger partial charge < -0.3 is 20.3 Å². The highest BCUT2D eigenvalue weighted by atomic mass is 16.5. The van der Waals surface area contributed by atoms with Crippen LogP contribution in [0.5, 0.6) is 0 Å². The molecule has 0 unspecified atom stereocenters. The molecule has 1 saturated heterocycles. The number of amides is 1. The molecule has 2 fully saturated rings. The first-order chi connectivity index (χ1) is 14.2. The molecule has 2 aliphatic rings. The Morgan fingerprint density at radius 1 is 1.24 bits per heavy atom. The minimum atomic E-state index is 0.151. The van der Waals surface area contributed by atoms with Crippen LogP contribution in [0.3, 0.4) is 0 Å². The maximum absolute atomic E-state index is 12.2. The molecule has 6 heteroatoms. The van der Waals surface area contributed by atoms with Crippen LogP contribution in [0.2, 0.25) is 0 Å². The summed E-state index contributed by atoms with van der Waals surface area (Å²) >= 11 is 0. The quantitative estimate of drug-likeness (QED) is 0.516. The fourth-order valence-corrected chi connectivity index (χ4v) is 3.82. The van der Waals surface area contributed by atoms with Gasteiger partial charge in [-0.25, -0.2) is 4.99 Å². The van der Waals surface area contributed by atoms with Gasteiger partial charge in [-0.2, -0.15) is 0 Å². The van der Waals surface area contributed by atoms with E-state index in [1.54, 1.807) is 0 Å². The average molecular weight is 401 g/mol. The number of benzene rings is 1. The van der Waals surface area contributed by atoms with Gasteiger partial charge in [-0.05, 0) is 62.6 Å². The number of hydrogen-bond donors (Lipinski definition) is 2. The number of carbonyl (C=O) groups excluding carboxylic acids is 1. The lowest BCUT2D eigenvalue weighted by Crippen LogP contribution is -2.40. The molecule has 2 N–H and O–H groups in total. The molecule has 1 aliphatic carbocycles. The van der Waals surface area contributed by atoms with Crippen molar-refractivity contribution in [2.45, 2.75) is 52.0 Å². The third-order valence-electron chi connectivity index (χ3n) is 5.99. The molecule has 1 heterocycles. The minimum absolute atomic E-state index is 0.151. The SMILES string of the molecule is CCNC(=NCc1cccc(NC(=O)C2CCC2)c1)N(C)CCC1CCOCC1. The van der Waals surface area contributed by atoms with Crippen molar-refractivity contribution in [1.82, 2.24) is 10.2 Å². The summed E-state index contributed by atoms with van der Waals surface area (Å²) in [6, 6.07) is 8.04. The van der Waals surface area contributed by atoms with Crippen LogP contribution in [0.1, 0.15) is 51.0 Å². The largest absolute Gasteiger partial charge is 0.381 e. The second-order valence-electron chi connectivity index (χ2n) is 8.25. The fourth-order valence-electron chi connectivity index (χ4n) is 3.82. The highest BCUT2D eigenvalue weighted by molar-refractivity contribution is 5.93. The molecule has 1 aliphatic heterocycles. The Morgan fingerprint density at radius 2 is 2.03 bits per heavy atom. The number of guanidine groups is 1. The second kappa shape index (κ2) is 11.2. The predicted molar refractivity (Wildman–Crippen MR) is 118 cm³/mol. The van der Waals surface area contributed by atoms with Gasteiger partial charge in [0.05, 0.1) is 6.54 Å². The van der Waals surface area contributed by atoms with Crippen LogP contribution in [-0.2, 0) is 16.1 Å². The zero-order valence-electron chi connectivity index (χ0n) is 18.0. The van der Waals surface area contributed by atoms with Crippen molar-refractivity contribution in [2.75, 3.05) is 38.7 Å². The van der Waals surface area contributed by atoms with Crippen molar-refractivity contribution in [3.8, 4) is 0 Å². The first kappa shape index (κ1) is 21.6. The van der Waals surface area contributed by atoms with E-state index >= 15 is 0 Å². The normalized spacial score (nSPS) is 18.2. The third-order valence-corrected chi connectivity index (χ3v) is 5.99. The zero-order chi connectivity index (χ0) is 20.5. The van der Waals surface area contributed by atoms with E-state index in [9.17, 15) is 4.79 Å². The molecule has 1 aromatic rings.